The van der Waals surface area contributed by atoms with Gasteiger partial charge in [0, 0.05) is 36.4 Å². The number of anilines is 1. The lowest BCUT2D eigenvalue weighted by molar-refractivity contribution is -0.0317. The van der Waals surface area contributed by atoms with Crippen LogP contribution in [0.15, 0.2) is 18.2 Å². The maximum absolute atomic E-state index is 6.04. The number of halogens is 1. The molecule has 1 aliphatic heterocycles. The second-order valence-corrected chi connectivity index (χ2v) is 5.56. The third kappa shape index (κ3) is 2.85. The van der Waals surface area contributed by atoms with Crippen molar-refractivity contribution in [1.29, 1.82) is 0 Å². The van der Waals surface area contributed by atoms with E-state index in [2.05, 4.69) is 15.5 Å². The molecule has 7 nitrogen and oxygen atoms in total. The summed E-state index contributed by atoms with van der Waals surface area (Å²) in [5, 5.41) is 12.4. The molecule has 0 bridgehead atoms. The lowest BCUT2D eigenvalue weighted by atomic mass is 10.0. The SMILES string of the molecule is COC1(Cn2nnnc2-c2cc(N)cc(Cl)c2)CCOC1. The molecule has 21 heavy (non-hydrogen) atoms. The minimum Gasteiger partial charge on any atom is -0.399 e. The van der Waals surface area contributed by atoms with E-state index in [1.54, 1.807) is 30.0 Å². The number of rotatable bonds is 4. The Morgan fingerprint density at radius 2 is 2.33 bits per heavy atom. The minimum absolute atomic E-state index is 0.395. The number of aromatic nitrogens is 4. The average molecular weight is 310 g/mol. The van der Waals surface area contributed by atoms with Crippen LogP contribution in [0.3, 0.4) is 0 Å². The Labute approximate surface area is 127 Å². The van der Waals surface area contributed by atoms with Crippen molar-refractivity contribution in [3.8, 4) is 11.4 Å². The van der Waals surface area contributed by atoms with Gasteiger partial charge in [0.15, 0.2) is 5.82 Å². The van der Waals surface area contributed by atoms with E-state index in [1.807, 2.05) is 0 Å². The predicted molar refractivity (Wildman–Crippen MR) is 77.9 cm³/mol. The number of benzene rings is 1. The van der Waals surface area contributed by atoms with Gasteiger partial charge in [-0.1, -0.05) is 11.6 Å². The number of nitrogens with zero attached hydrogens (tertiary/aromatic N) is 4. The fourth-order valence-electron chi connectivity index (χ4n) is 2.47. The van der Waals surface area contributed by atoms with Crippen LogP contribution in [0.1, 0.15) is 6.42 Å². The molecular formula is C13H16ClN5O2. The zero-order chi connectivity index (χ0) is 14.9. The van der Waals surface area contributed by atoms with Crippen molar-refractivity contribution in [2.24, 2.45) is 0 Å². The van der Waals surface area contributed by atoms with Crippen LogP contribution in [0.25, 0.3) is 11.4 Å². The number of ether oxygens (including phenoxy) is 2. The molecule has 8 heteroatoms. The second kappa shape index (κ2) is 5.59. The van der Waals surface area contributed by atoms with Crippen LogP contribution in [0.2, 0.25) is 5.02 Å². The number of hydrogen-bond donors (Lipinski definition) is 1. The van der Waals surface area contributed by atoms with Gasteiger partial charge in [-0.05, 0) is 28.6 Å². The first kappa shape index (κ1) is 14.2. The van der Waals surface area contributed by atoms with Gasteiger partial charge in [0.25, 0.3) is 0 Å². The normalized spacial score (nSPS) is 21.8. The van der Waals surface area contributed by atoms with Gasteiger partial charge in [-0.25, -0.2) is 4.68 Å². The van der Waals surface area contributed by atoms with Gasteiger partial charge in [0.05, 0.1) is 13.2 Å². The Morgan fingerprint density at radius 1 is 1.48 bits per heavy atom. The topological polar surface area (TPSA) is 88.1 Å². The van der Waals surface area contributed by atoms with Gasteiger partial charge in [0.1, 0.15) is 5.60 Å². The first-order chi connectivity index (χ1) is 10.1. The van der Waals surface area contributed by atoms with Crippen molar-refractivity contribution in [2.45, 2.75) is 18.6 Å². The molecule has 0 aliphatic carbocycles. The van der Waals surface area contributed by atoms with Crippen LogP contribution < -0.4 is 5.73 Å². The van der Waals surface area contributed by atoms with E-state index < -0.39 is 5.60 Å². The highest BCUT2D eigenvalue weighted by Gasteiger charge is 2.36. The van der Waals surface area contributed by atoms with E-state index in [-0.39, 0.29) is 0 Å². The lowest BCUT2D eigenvalue weighted by Crippen LogP contribution is -2.37. The molecule has 1 aromatic heterocycles. The Balaban J connectivity index is 1.93. The van der Waals surface area contributed by atoms with Gasteiger partial charge < -0.3 is 15.2 Å². The molecular weight excluding hydrogens is 294 g/mol. The van der Waals surface area contributed by atoms with E-state index in [4.69, 9.17) is 26.8 Å². The molecule has 0 spiro atoms. The molecule has 1 saturated heterocycles. The predicted octanol–water partition coefficient (Wildman–Crippen LogP) is 1.38. The highest BCUT2D eigenvalue weighted by atomic mass is 35.5. The first-order valence-electron chi connectivity index (χ1n) is 6.57. The van der Waals surface area contributed by atoms with Crippen molar-refractivity contribution in [1.82, 2.24) is 20.2 Å². The third-order valence-electron chi connectivity index (χ3n) is 3.65. The van der Waals surface area contributed by atoms with Crippen LogP contribution >= 0.6 is 11.6 Å². The molecule has 1 atom stereocenters. The zero-order valence-corrected chi connectivity index (χ0v) is 12.4. The number of nitrogen functional groups attached to an aromatic ring is 1. The molecule has 1 aromatic carbocycles. The van der Waals surface area contributed by atoms with Crippen LogP contribution in [0.5, 0.6) is 0 Å². The summed E-state index contributed by atoms with van der Waals surface area (Å²) in [6.07, 6.45) is 0.806. The molecule has 0 radical (unpaired) electrons. The van der Waals surface area contributed by atoms with Crippen molar-refractivity contribution in [3.05, 3.63) is 23.2 Å². The molecule has 0 saturated carbocycles. The molecule has 3 rings (SSSR count). The Kier molecular flexibility index (Phi) is 3.79. The Bertz CT molecular complexity index is 619. The fraction of sp³-hybridized carbons (Fsp3) is 0.462. The van der Waals surface area contributed by atoms with Gasteiger partial charge in [-0.15, -0.1) is 5.10 Å². The molecule has 2 aromatic rings. The highest BCUT2D eigenvalue weighted by Crippen LogP contribution is 2.28. The highest BCUT2D eigenvalue weighted by molar-refractivity contribution is 6.31. The number of nitrogens with two attached hydrogens (primary N) is 1. The van der Waals surface area contributed by atoms with Crippen LogP contribution in [-0.2, 0) is 16.0 Å². The summed E-state index contributed by atoms with van der Waals surface area (Å²) in [5.74, 6) is 0.604. The van der Waals surface area contributed by atoms with Crippen LogP contribution in [-0.4, -0.2) is 46.1 Å². The minimum atomic E-state index is -0.395. The molecule has 0 amide bonds. The van der Waals surface area contributed by atoms with Crippen molar-refractivity contribution < 1.29 is 9.47 Å². The van der Waals surface area contributed by atoms with E-state index in [0.29, 0.717) is 36.3 Å². The summed E-state index contributed by atoms with van der Waals surface area (Å²) < 4.78 is 12.8. The summed E-state index contributed by atoms with van der Waals surface area (Å²) >= 11 is 6.04. The van der Waals surface area contributed by atoms with Gasteiger partial charge in [-0.3, -0.25) is 0 Å². The lowest BCUT2D eigenvalue weighted by Gasteiger charge is -2.25. The number of hydrogen-bond acceptors (Lipinski definition) is 6. The summed E-state index contributed by atoms with van der Waals surface area (Å²) in [6, 6.07) is 5.25. The standard InChI is InChI=1S/C13H16ClN5O2/c1-20-13(2-3-21-8-13)7-19-12(16-17-18-19)9-4-10(14)6-11(15)5-9/h4-6H,2-3,7-8,15H2,1H3. The third-order valence-corrected chi connectivity index (χ3v) is 3.87. The number of methoxy groups -OCH3 is 1. The maximum atomic E-state index is 6.04. The van der Waals surface area contributed by atoms with Gasteiger partial charge in [0.2, 0.25) is 0 Å². The summed E-state index contributed by atoms with van der Waals surface area (Å²) in [6.45, 7) is 1.72. The quantitative estimate of drug-likeness (QED) is 0.858. The van der Waals surface area contributed by atoms with Crippen LogP contribution in [0.4, 0.5) is 5.69 Å². The molecule has 1 fully saturated rings. The van der Waals surface area contributed by atoms with Gasteiger partial charge in [-0.2, -0.15) is 0 Å². The van der Waals surface area contributed by atoms with E-state index in [0.717, 1.165) is 12.0 Å². The zero-order valence-electron chi connectivity index (χ0n) is 11.6. The van der Waals surface area contributed by atoms with Crippen molar-refractivity contribution in [3.63, 3.8) is 0 Å². The average Bonchev–Trinajstić information content (AvgIpc) is 3.08. The van der Waals surface area contributed by atoms with Crippen molar-refractivity contribution >= 4 is 17.3 Å². The fourth-order valence-corrected chi connectivity index (χ4v) is 2.71. The largest absolute Gasteiger partial charge is 0.399 e. The smallest absolute Gasteiger partial charge is 0.182 e. The summed E-state index contributed by atoms with van der Waals surface area (Å²) in [4.78, 5) is 0. The van der Waals surface area contributed by atoms with Gasteiger partial charge >= 0.3 is 0 Å². The van der Waals surface area contributed by atoms with Crippen molar-refractivity contribution in [2.75, 3.05) is 26.1 Å². The first-order valence-corrected chi connectivity index (χ1v) is 6.95. The molecule has 2 heterocycles. The maximum Gasteiger partial charge on any atom is 0.182 e. The molecule has 1 aliphatic rings. The molecule has 112 valence electrons. The van der Waals surface area contributed by atoms with Crippen LogP contribution in [0, 0.1) is 0 Å². The monoisotopic (exact) mass is 309 g/mol. The summed E-state index contributed by atoms with van der Waals surface area (Å²) in [5.41, 5.74) is 6.77. The number of tetrazole rings is 1. The van der Waals surface area contributed by atoms with E-state index in [1.165, 1.54) is 0 Å². The summed E-state index contributed by atoms with van der Waals surface area (Å²) in [7, 11) is 1.68. The Morgan fingerprint density at radius 3 is 3.00 bits per heavy atom. The van der Waals surface area contributed by atoms with E-state index >= 15 is 0 Å². The second-order valence-electron chi connectivity index (χ2n) is 5.12. The molecule has 1 unspecified atom stereocenters. The Hall–Kier alpha value is -1.70. The molecule has 2 N–H and O–H groups in total. The van der Waals surface area contributed by atoms with E-state index in [9.17, 15) is 0 Å².